The van der Waals surface area contributed by atoms with E-state index in [2.05, 4.69) is 0 Å². The summed E-state index contributed by atoms with van der Waals surface area (Å²) in [5.74, 6) is -1.46. The number of benzene rings is 2. The average Bonchev–Trinajstić information content (AvgIpc) is 2.52. The third-order valence-electron chi connectivity index (χ3n) is 4.14. The molecule has 21 heavy (non-hydrogen) atoms. The molecule has 0 aromatic heterocycles. The van der Waals surface area contributed by atoms with Crippen LogP contribution < -0.4 is 0 Å². The zero-order valence-corrected chi connectivity index (χ0v) is 12.4. The summed E-state index contributed by atoms with van der Waals surface area (Å²) < 4.78 is 11.5. The molecule has 1 aliphatic rings. The van der Waals surface area contributed by atoms with Gasteiger partial charge in [0.25, 0.3) is 5.79 Å². The highest BCUT2D eigenvalue weighted by Crippen LogP contribution is 2.45. The van der Waals surface area contributed by atoms with E-state index >= 15 is 0 Å². The molecule has 1 aliphatic heterocycles. The van der Waals surface area contributed by atoms with Crippen molar-refractivity contribution < 1.29 is 14.3 Å². The van der Waals surface area contributed by atoms with Crippen LogP contribution in [0.3, 0.4) is 0 Å². The second kappa shape index (κ2) is 4.71. The molecule has 3 rings (SSSR count). The van der Waals surface area contributed by atoms with Crippen LogP contribution in [0, 0.1) is 0 Å². The van der Waals surface area contributed by atoms with Crippen molar-refractivity contribution in [3.05, 3.63) is 71.3 Å². The molecule has 1 atom stereocenters. The van der Waals surface area contributed by atoms with Crippen LogP contribution in [0.5, 0.6) is 0 Å². The highest BCUT2D eigenvalue weighted by Gasteiger charge is 2.51. The first kappa shape index (κ1) is 13.8. The fourth-order valence-electron chi connectivity index (χ4n) is 2.88. The van der Waals surface area contributed by atoms with Gasteiger partial charge in [-0.3, -0.25) is 4.79 Å². The maximum Gasteiger partial charge on any atom is 0.319 e. The molecule has 0 spiro atoms. The Bertz CT molecular complexity index is 676. The summed E-state index contributed by atoms with van der Waals surface area (Å²) in [6.45, 7) is 3.75. The lowest BCUT2D eigenvalue weighted by Gasteiger charge is -2.43. The van der Waals surface area contributed by atoms with Crippen LogP contribution in [0.1, 0.15) is 30.5 Å². The van der Waals surface area contributed by atoms with E-state index in [1.165, 1.54) is 0 Å². The predicted octanol–water partition coefficient (Wildman–Crippen LogP) is 3.37. The van der Waals surface area contributed by atoms with Gasteiger partial charge < -0.3 is 9.47 Å². The van der Waals surface area contributed by atoms with Crippen molar-refractivity contribution in [1.29, 1.82) is 0 Å². The molecule has 0 amide bonds. The van der Waals surface area contributed by atoms with Gasteiger partial charge in [0.1, 0.15) is 0 Å². The quantitative estimate of drug-likeness (QED) is 0.792. The zero-order valence-electron chi connectivity index (χ0n) is 12.4. The Kier molecular flexibility index (Phi) is 3.10. The molecule has 0 radical (unpaired) electrons. The van der Waals surface area contributed by atoms with Gasteiger partial charge >= 0.3 is 5.97 Å². The number of esters is 1. The Labute approximate surface area is 124 Å². The van der Waals surface area contributed by atoms with Gasteiger partial charge in [-0.15, -0.1) is 0 Å². The first-order valence-corrected chi connectivity index (χ1v) is 6.96. The van der Waals surface area contributed by atoms with Gasteiger partial charge in [-0.2, -0.15) is 0 Å². The largest absolute Gasteiger partial charge is 0.423 e. The van der Waals surface area contributed by atoms with Gasteiger partial charge in [0.2, 0.25) is 0 Å². The lowest BCUT2D eigenvalue weighted by molar-refractivity contribution is -0.220. The Hall–Kier alpha value is -2.13. The monoisotopic (exact) mass is 282 g/mol. The van der Waals surface area contributed by atoms with Gasteiger partial charge in [-0.05, 0) is 19.4 Å². The number of carbonyl (C=O) groups is 1. The number of ether oxygens (including phenoxy) is 2. The van der Waals surface area contributed by atoms with Crippen molar-refractivity contribution in [2.24, 2.45) is 0 Å². The van der Waals surface area contributed by atoms with E-state index in [-0.39, 0.29) is 5.97 Å². The van der Waals surface area contributed by atoms with E-state index in [4.69, 9.17) is 9.47 Å². The van der Waals surface area contributed by atoms with Crippen LogP contribution >= 0.6 is 0 Å². The fraction of sp³-hybridized carbons (Fsp3) is 0.278. The second-order valence-corrected chi connectivity index (χ2v) is 5.75. The Morgan fingerprint density at radius 3 is 2.10 bits per heavy atom. The van der Waals surface area contributed by atoms with Gasteiger partial charge in [-0.25, -0.2) is 0 Å². The highest BCUT2D eigenvalue weighted by molar-refractivity contribution is 5.85. The van der Waals surface area contributed by atoms with Crippen LogP contribution in [0.2, 0.25) is 0 Å². The number of fused-ring (bicyclic) bond motifs is 1. The van der Waals surface area contributed by atoms with Gasteiger partial charge in [0.05, 0.1) is 5.41 Å². The van der Waals surface area contributed by atoms with Gasteiger partial charge in [0.15, 0.2) is 0 Å². The molecule has 0 saturated carbocycles. The second-order valence-electron chi connectivity index (χ2n) is 5.75. The summed E-state index contributed by atoms with van der Waals surface area (Å²) >= 11 is 0. The minimum absolute atomic E-state index is 0.285. The van der Waals surface area contributed by atoms with E-state index in [1.807, 2.05) is 68.4 Å². The molecule has 1 heterocycles. The van der Waals surface area contributed by atoms with Crippen molar-refractivity contribution in [2.75, 3.05) is 7.11 Å². The molecule has 0 bridgehead atoms. The summed E-state index contributed by atoms with van der Waals surface area (Å²) in [5, 5.41) is 0. The first-order valence-electron chi connectivity index (χ1n) is 6.96. The van der Waals surface area contributed by atoms with E-state index < -0.39 is 11.2 Å². The minimum atomic E-state index is -1.18. The minimum Gasteiger partial charge on any atom is -0.423 e. The molecular formula is C18H18O3. The molecule has 2 aromatic rings. The summed E-state index contributed by atoms with van der Waals surface area (Å²) in [7, 11) is 1.56. The van der Waals surface area contributed by atoms with Crippen molar-refractivity contribution in [2.45, 2.75) is 25.0 Å². The molecule has 1 unspecified atom stereocenters. The summed E-state index contributed by atoms with van der Waals surface area (Å²) in [5.41, 5.74) is 1.94. The zero-order chi connectivity index (χ0) is 15.1. The predicted molar refractivity (Wildman–Crippen MR) is 79.8 cm³/mol. The van der Waals surface area contributed by atoms with Crippen LogP contribution in [0.15, 0.2) is 54.6 Å². The lowest BCUT2D eigenvalue weighted by Crippen LogP contribution is -2.48. The Morgan fingerprint density at radius 1 is 0.905 bits per heavy atom. The lowest BCUT2D eigenvalue weighted by atomic mass is 9.76. The number of carbonyl (C=O) groups excluding carboxylic acids is 1. The summed E-state index contributed by atoms with van der Waals surface area (Å²) in [4.78, 5) is 12.5. The molecule has 2 aromatic carbocycles. The Morgan fingerprint density at radius 2 is 1.48 bits per heavy atom. The molecule has 0 N–H and O–H groups in total. The van der Waals surface area contributed by atoms with Crippen molar-refractivity contribution >= 4 is 5.97 Å². The van der Waals surface area contributed by atoms with Crippen LogP contribution in [0.25, 0.3) is 0 Å². The smallest absolute Gasteiger partial charge is 0.319 e. The number of hydrogen-bond acceptors (Lipinski definition) is 3. The molecule has 3 heteroatoms. The SMILES string of the molecule is COC1(c2ccccc2)OC(=O)C(C)(C)c2ccccc21. The summed E-state index contributed by atoms with van der Waals surface area (Å²) in [6, 6.07) is 17.4. The molecule has 0 saturated heterocycles. The van der Waals surface area contributed by atoms with E-state index in [1.54, 1.807) is 7.11 Å². The van der Waals surface area contributed by atoms with E-state index in [0.717, 1.165) is 16.7 Å². The third kappa shape index (κ3) is 1.88. The van der Waals surface area contributed by atoms with Gasteiger partial charge in [-0.1, -0.05) is 54.6 Å². The van der Waals surface area contributed by atoms with E-state index in [0.29, 0.717) is 0 Å². The number of rotatable bonds is 2. The fourth-order valence-corrected chi connectivity index (χ4v) is 2.88. The van der Waals surface area contributed by atoms with Crippen LogP contribution in [-0.2, 0) is 25.5 Å². The van der Waals surface area contributed by atoms with Crippen LogP contribution in [0.4, 0.5) is 0 Å². The topological polar surface area (TPSA) is 35.5 Å². The Balaban J connectivity index is 2.31. The molecule has 0 aliphatic carbocycles. The molecular weight excluding hydrogens is 264 g/mol. The van der Waals surface area contributed by atoms with Crippen molar-refractivity contribution in [3.8, 4) is 0 Å². The maximum atomic E-state index is 12.5. The summed E-state index contributed by atoms with van der Waals surface area (Å²) in [6.07, 6.45) is 0. The van der Waals surface area contributed by atoms with Crippen molar-refractivity contribution in [3.63, 3.8) is 0 Å². The first-order chi connectivity index (χ1) is 10.0. The normalized spacial score (nSPS) is 23.3. The number of methoxy groups -OCH3 is 1. The van der Waals surface area contributed by atoms with E-state index in [9.17, 15) is 4.79 Å². The average molecular weight is 282 g/mol. The number of cyclic esters (lactones) is 1. The maximum absolute atomic E-state index is 12.5. The standard InChI is InChI=1S/C18H18O3/c1-17(2)14-11-7-8-12-15(14)18(20-3,21-16(17)19)13-9-5-4-6-10-13/h4-12H,1-3H3. The van der Waals surface area contributed by atoms with Gasteiger partial charge in [0, 0.05) is 18.2 Å². The third-order valence-corrected chi connectivity index (χ3v) is 4.14. The molecule has 108 valence electrons. The van der Waals surface area contributed by atoms with Crippen LogP contribution in [-0.4, -0.2) is 13.1 Å². The molecule has 0 fully saturated rings. The van der Waals surface area contributed by atoms with Crippen molar-refractivity contribution in [1.82, 2.24) is 0 Å². The highest BCUT2D eigenvalue weighted by atomic mass is 16.7. The molecule has 3 nitrogen and oxygen atoms in total. The number of hydrogen-bond donors (Lipinski definition) is 0.